The third-order valence-electron chi connectivity index (χ3n) is 16.8. The van der Waals surface area contributed by atoms with Crippen LogP contribution in [-0.4, -0.2) is 120 Å². The standard InChI is InChI=1S/C61H67ClN10O9S2/c1-61(2)22-20-41(49(33-61)39-8-10-42(62)11-9-39)36-69-25-27-70(28-26-69)44-14-16-48(54(31-44)81-45-30-40-21-23-64-57(40)66-35-45)58(74)68-83(79,80)46-15-17-51(53(32-46)72(77)78)65-34-38-6-12-43(13-7-38)63-24-29-82-55-5-3-4-47-50(55)37-71(60(47)76)52-18-19-56(73)67-59(52)75/h3-5,8-11,14-17,21,23,30-32,35,38,43,52,63,65H,6-7,12-13,18-20,22,24-29,33-34,36-37H2,1-2H3,(H,64,66)(H,68,74)(H,67,73,75)/t38-,43-,52?. The molecule has 0 bridgehead atoms. The second kappa shape index (κ2) is 24.5. The number of amides is 4. The number of aromatic nitrogens is 2. The lowest BCUT2D eigenvalue weighted by atomic mass is 9.72. The van der Waals surface area contributed by atoms with E-state index in [1.54, 1.807) is 53.2 Å². The zero-order valence-electron chi connectivity index (χ0n) is 46.4. The highest BCUT2D eigenvalue weighted by molar-refractivity contribution is 7.99. The Balaban J connectivity index is 0.693. The summed E-state index contributed by atoms with van der Waals surface area (Å²) in [6, 6.07) is 25.7. The first kappa shape index (κ1) is 57.5. The maximum absolute atomic E-state index is 14.2. The van der Waals surface area contributed by atoms with Gasteiger partial charge in [0.25, 0.3) is 27.5 Å². The van der Waals surface area contributed by atoms with E-state index in [-0.39, 0.29) is 46.6 Å². The van der Waals surface area contributed by atoms with Crippen molar-refractivity contribution in [3.05, 3.63) is 146 Å². The summed E-state index contributed by atoms with van der Waals surface area (Å²) >= 11 is 7.93. The fraction of sp³-hybridized carbons (Fsp3) is 0.393. The van der Waals surface area contributed by atoms with E-state index in [1.807, 2.05) is 30.3 Å². The van der Waals surface area contributed by atoms with Gasteiger partial charge in [0.15, 0.2) is 0 Å². The highest BCUT2D eigenvalue weighted by Gasteiger charge is 2.40. The number of piperazine rings is 1. The number of nitro groups is 1. The molecule has 1 atom stereocenters. The molecular weight excluding hydrogens is 1120 g/mol. The second-order valence-electron chi connectivity index (χ2n) is 23.0. The number of aromatic amines is 1. The lowest BCUT2D eigenvalue weighted by Gasteiger charge is -2.39. The molecule has 6 aromatic rings. The Morgan fingerprint density at radius 3 is 2.51 bits per heavy atom. The molecule has 1 saturated carbocycles. The number of nitrogens with one attached hydrogen (secondary N) is 5. The van der Waals surface area contributed by atoms with E-state index in [0.717, 1.165) is 109 Å². The number of imide groups is 1. The Hall–Kier alpha value is -7.30. The normalized spacial score (nSPS) is 20.3. The maximum atomic E-state index is 14.2. The summed E-state index contributed by atoms with van der Waals surface area (Å²) in [5, 5.41) is 23.2. The van der Waals surface area contributed by atoms with Gasteiger partial charge in [0, 0.05) is 115 Å². The Bertz CT molecular complexity index is 3630. The molecule has 22 heteroatoms. The molecule has 2 aliphatic carbocycles. The molecule has 0 radical (unpaired) electrons. The van der Waals surface area contributed by atoms with Crippen LogP contribution < -0.4 is 30.3 Å². The quantitative estimate of drug-likeness (QED) is 0.0167. The van der Waals surface area contributed by atoms with Crippen LogP contribution in [-0.2, 0) is 26.2 Å². The maximum Gasteiger partial charge on any atom is 0.293 e. The molecule has 5 N–H and O–H groups in total. The first-order valence-electron chi connectivity index (χ1n) is 28.3. The molecule has 4 amide bonds. The summed E-state index contributed by atoms with van der Waals surface area (Å²) in [4.78, 5) is 77.9. The highest BCUT2D eigenvalue weighted by atomic mass is 35.5. The number of pyridine rings is 1. The molecule has 2 saturated heterocycles. The van der Waals surface area contributed by atoms with Gasteiger partial charge in [-0.15, -0.1) is 11.8 Å². The molecule has 4 aromatic carbocycles. The monoisotopic (exact) mass is 1180 g/mol. The average molecular weight is 1180 g/mol. The number of ether oxygens (including phenoxy) is 1. The predicted octanol–water partition coefficient (Wildman–Crippen LogP) is 9.94. The summed E-state index contributed by atoms with van der Waals surface area (Å²) in [5.74, 6) is -0.484. The molecule has 83 heavy (non-hydrogen) atoms. The predicted molar refractivity (Wildman–Crippen MR) is 320 cm³/mol. The number of carbonyl (C=O) groups excluding carboxylic acids is 4. The van der Waals surface area contributed by atoms with Gasteiger partial charge < -0.3 is 30.2 Å². The molecule has 19 nitrogen and oxygen atoms in total. The number of hydrogen-bond acceptors (Lipinski definition) is 15. The van der Waals surface area contributed by atoms with E-state index in [4.69, 9.17) is 16.3 Å². The van der Waals surface area contributed by atoms with Gasteiger partial charge in [0.2, 0.25) is 11.8 Å². The van der Waals surface area contributed by atoms with Gasteiger partial charge in [0.05, 0.1) is 21.6 Å². The number of nitrogens with zero attached hydrogens (tertiary/aromatic N) is 5. The van der Waals surface area contributed by atoms with E-state index >= 15 is 0 Å². The van der Waals surface area contributed by atoms with Crippen molar-refractivity contribution in [3.8, 4) is 11.5 Å². The van der Waals surface area contributed by atoms with Crippen LogP contribution in [0.3, 0.4) is 0 Å². The van der Waals surface area contributed by atoms with Gasteiger partial charge in [-0.2, -0.15) is 0 Å². The van der Waals surface area contributed by atoms with E-state index < -0.39 is 43.4 Å². The molecule has 5 aliphatic rings. The van der Waals surface area contributed by atoms with Crippen molar-refractivity contribution < 1.29 is 37.3 Å². The number of carbonyl (C=O) groups is 4. The van der Waals surface area contributed by atoms with Crippen LogP contribution in [0.25, 0.3) is 16.6 Å². The largest absolute Gasteiger partial charge is 0.455 e. The van der Waals surface area contributed by atoms with Crippen molar-refractivity contribution in [3.63, 3.8) is 0 Å². The van der Waals surface area contributed by atoms with E-state index in [2.05, 4.69) is 66.4 Å². The average Bonchev–Trinajstić information content (AvgIpc) is 4.23. The number of benzene rings is 4. The second-order valence-corrected chi connectivity index (χ2v) is 26.3. The van der Waals surface area contributed by atoms with E-state index in [0.29, 0.717) is 55.6 Å². The number of halogens is 1. The zero-order chi connectivity index (χ0) is 58.0. The highest BCUT2D eigenvalue weighted by Crippen LogP contribution is 2.44. The van der Waals surface area contributed by atoms with Crippen molar-refractivity contribution in [2.75, 3.05) is 61.8 Å². The van der Waals surface area contributed by atoms with Gasteiger partial charge in [-0.3, -0.25) is 39.5 Å². The minimum atomic E-state index is -4.63. The number of anilines is 2. The number of sulfonamides is 1. The third kappa shape index (κ3) is 13.2. The summed E-state index contributed by atoms with van der Waals surface area (Å²) < 4.78 is 36.5. The molecule has 2 aromatic heterocycles. The first-order valence-corrected chi connectivity index (χ1v) is 31.2. The summed E-state index contributed by atoms with van der Waals surface area (Å²) in [6.07, 6.45) is 10.5. The van der Waals surface area contributed by atoms with Crippen LogP contribution in [0.15, 0.2) is 119 Å². The van der Waals surface area contributed by atoms with Crippen LogP contribution in [0.4, 0.5) is 17.1 Å². The smallest absolute Gasteiger partial charge is 0.293 e. The van der Waals surface area contributed by atoms with Gasteiger partial charge >= 0.3 is 0 Å². The van der Waals surface area contributed by atoms with Crippen molar-refractivity contribution in [2.45, 2.75) is 100 Å². The Kier molecular flexibility index (Phi) is 17.0. The summed E-state index contributed by atoms with van der Waals surface area (Å²) in [7, 11) is -4.63. The van der Waals surface area contributed by atoms with Crippen LogP contribution in [0.1, 0.15) is 103 Å². The minimum absolute atomic E-state index is 0.0565. The Morgan fingerprint density at radius 2 is 1.73 bits per heavy atom. The fourth-order valence-electron chi connectivity index (χ4n) is 12.1. The number of nitro benzene ring substituents is 1. The number of H-pyrrole nitrogens is 1. The lowest BCUT2D eigenvalue weighted by molar-refractivity contribution is -0.384. The van der Waals surface area contributed by atoms with Gasteiger partial charge in [-0.05, 0) is 140 Å². The number of hydrogen-bond donors (Lipinski definition) is 5. The number of piperidine rings is 1. The number of rotatable bonds is 19. The van der Waals surface area contributed by atoms with Crippen molar-refractivity contribution in [1.29, 1.82) is 0 Å². The molecule has 434 valence electrons. The van der Waals surface area contributed by atoms with E-state index in [9.17, 15) is 37.7 Å². The van der Waals surface area contributed by atoms with Crippen LogP contribution >= 0.6 is 23.4 Å². The third-order valence-corrected chi connectivity index (χ3v) is 19.5. The minimum Gasteiger partial charge on any atom is -0.455 e. The van der Waals surface area contributed by atoms with Gasteiger partial charge in [-0.1, -0.05) is 49.2 Å². The molecule has 0 spiro atoms. The molecule has 5 heterocycles. The van der Waals surface area contributed by atoms with Crippen molar-refractivity contribution in [2.24, 2.45) is 11.3 Å². The lowest BCUT2D eigenvalue weighted by Crippen LogP contribution is -2.52. The molecule has 3 aliphatic heterocycles. The number of allylic oxidation sites excluding steroid dienone is 1. The molecule has 3 fully saturated rings. The first-order chi connectivity index (χ1) is 39.9. The van der Waals surface area contributed by atoms with E-state index in [1.165, 1.54) is 35.0 Å². The van der Waals surface area contributed by atoms with Crippen LogP contribution in [0, 0.1) is 21.4 Å². The number of fused-ring (bicyclic) bond motifs is 2. The fourth-order valence-corrected chi connectivity index (χ4v) is 14.2. The molecule has 11 rings (SSSR count). The summed E-state index contributed by atoms with van der Waals surface area (Å²) in [5.41, 5.74) is 6.89. The van der Waals surface area contributed by atoms with Gasteiger partial charge in [-0.25, -0.2) is 18.1 Å². The SMILES string of the molecule is CC1(C)CCC(CN2CCN(c3ccc(C(=O)NS(=O)(=O)c4ccc(NC[C@H]5CC[C@H](NCCSc6cccc7c6CN(C6CCC(=O)NC6=O)C7=O)CC5)c([N+](=O)[O-])c4)c(Oc4cnc5[nH]ccc5c4)c3)CC2)=C(c2ccc(Cl)cc2)C1. The Labute approximate surface area is 491 Å². The van der Waals surface area contributed by atoms with Crippen molar-refractivity contribution >= 4 is 90.7 Å². The van der Waals surface area contributed by atoms with Gasteiger partial charge in [0.1, 0.15) is 28.9 Å². The van der Waals surface area contributed by atoms with Crippen LogP contribution in [0.5, 0.6) is 11.5 Å². The van der Waals surface area contributed by atoms with Crippen molar-refractivity contribution in [1.82, 2.24) is 35.1 Å². The Morgan fingerprint density at radius 1 is 0.940 bits per heavy atom. The summed E-state index contributed by atoms with van der Waals surface area (Å²) in [6.45, 7) is 10.1. The molecule has 1 unspecified atom stereocenters. The topological polar surface area (TPSA) is 241 Å². The van der Waals surface area contributed by atoms with Crippen LogP contribution in [0.2, 0.25) is 5.02 Å². The molecular formula is C61H67ClN10O9S2. The number of thioether (sulfide) groups is 1. The zero-order valence-corrected chi connectivity index (χ0v) is 48.8.